The van der Waals surface area contributed by atoms with E-state index < -0.39 is 0 Å². The number of carbonyl (C=O) groups excluding carboxylic acids is 1. The molecule has 0 aliphatic carbocycles. The standard InChI is InChI=1S/C23H28N4O2S/c1-24-22(28)19-6-2-5-18(17-19)9-12-25-23(26-13-10-20-7-3-15-29-20)27-14-11-21-8-4-16-30-21/h2-8,15-17H,9-14H2,1H3,(H,24,28)(H2,25,26,27). The molecule has 0 saturated heterocycles. The summed E-state index contributed by atoms with van der Waals surface area (Å²) in [6.07, 6.45) is 4.22. The largest absolute Gasteiger partial charge is 0.469 e. The molecule has 0 aliphatic rings. The summed E-state index contributed by atoms with van der Waals surface area (Å²) in [6, 6.07) is 15.8. The predicted molar refractivity (Wildman–Crippen MR) is 122 cm³/mol. The number of guanidine groups is 1. The molecule has 1 amide bonds. The number of aliphatic imine (C=N–C) groups is 1. The second-order valence-electron chi connectivity index (χ2n) is 6.77. The van der Waals surface area contributed by atoms with Gasteiger partial charge in [-0.25, -0.2) is 0 Å². The van der Waals surface area contributed by atoms with Crippen molar-refractivity contribution in [3.63, 3.8) is 0 Å². The molecule has 0 bridgehead atoms. The molecule has 2 aromatic heterocycles. The number of rotatable bonds is 10. The lowest BCUT2D eigenvalue weighted by Crippen LogP contribution is -2.39. The van der Waals surface area contributed by atoms with E-state index in [2.05, 4.69) is 33.5 Å². The van der Waals surface area contributed by atoms with Crippen LogP contribution in [0, 0.1) is 0 Å². The summed E-state index contributed by atoms with van der Waals surface area (Å²) >= 11 is 1.76. The van der Waals surface area contributed by atoms with E-state index in [-0.39, 0.29) is 5.91 Å². The lowest BCUT2D eigenvalue weighted by atomic mass is 10.1. The molecule has 3 rings (SSSR count). The van der Waals surface area contributed by atoms with Gasteiger partial charge in [-0.1, -0.05) is 18.2 Å². The predicted octanol–water partition coefficient (Wildman–Crippen LogP) is 3.26. The fourth-order valence-corrected chi connectivity index (χ4v) is 3.70. The normalized spacial score (nSPS) is 11.3. The van der Waals surface area contributed by atoms with Crippen molar-refractivity contribution in [2.24, 2.45) is 4.99 Å². The lowest BCUT2D eigenvalue weighted by Gasteiger charge is -2.13. The molecular formula is C23H28N4O2S. The molecule has 0 saturated carbocycles. The molecular weight excluding hydrogens is 396 g/mol. The Morgan fingerprint density at radius 2 is 1.90 bits per heavy atom. The van der Waals surface area contributed by atoms with Crippen LogP contribution in [0.5, 0.6) is 0 Å². The van der Waals surface area contributed by atoms with Gasteiger partial charge in [-0.15, -0.1) is 11.3 Å². The van der Waals surface area contributed by atoms with Gasteiger partial charge in [0.15, 0.2) is 5.96 Å². The van der Waals surface area contributed by atoms with E-state index in [0.717, 1.165) is 56.2 Å². The Morgan fingerprint density at radius 1 is 1.03 bits per heavy atom. The minimum absolute atomic E-state index is 0.0692. The Balaban J connectivity index is 1.52. The molecule has 0 radical (unpaired) electrons. The van der Waals surface area contributed by atoms with E-state index in [1.807, 2.05) is 36.4 Å². The Kier molecular flexibility index (Phi) is 8.53. The molecule has 0 fully saturated rings. The van der Waals surface area contributed by atoms with Crippen LogP contribution in [-0.4, -0.2) is 38.5 Å². The number of thiophene rings is 1. The second kappa shape index (κ2) is 11.8. The van der Waals surface area contributed by atoms with Crippen LogP contribution < -0.4 is 16.0 Å². The maximum Gasteiger partial charge on any atom is 0.251 e. The second-order valence-corrected chi connectivity index (χ2v) is 7.80. The topological polar surface area (TPSA) is 78.7 Å². The van der Waals surface area contributed by atoms with Crippen LogP contribution in [0.25, 0.3) is 0 Å². The number of hydrogen-bond acceptors (Lipinski definition) is 4. The van der Waals surface area contributed by atoms with E-state index >= 15 is 0 Å². The zero-order valence-electron chi connectivity index (χ0n) is 17.2. The molecule has 0 unspecified atom stereocenters. The average molecular weight is 425 g/mol. The van der Waals surface area contributed by atoms with Gasteiger partial charge in [-0.3, -0.25) is 9.79 Å². The molecule has 6 nitrogen and oxygen atoms in total. The van der Waals surface area contributed by atoms with Gasteiger partial charge in [0.2, 0.25) is 0 Å². The molecule has 7 heteroatoms. The van der Waals surface area contributed by atoms with Crippen LogP contribution in [-0.2, 0) is 19.3 Å². The van der Waals surface area contributed by atoms with Gasteiger partial charge in [0.1, 0.15) is 5.76 Å². The van der Waals surface area contributed by atoms with Crippen molar-refractivity contribution < 1.29 is 9.21 Å². The third-order valence-corrected chi connectivity index (χ3v) is 5.51. The first-order valence-electron chi connectivity index (χ1n) is 10.1. The Hall–Kier alpha value is -3.06. The van der Waals surface area contributed by atoms with Gasteiger partial charge in [0.05, 0.1) is 6.26 Å². The van der Waals surface area contributed by atoms with Gasteiger partial charge < -0.3 is 20.4 Å². The zero-order chi connectivity index (χ0) is 21.0. The van der Waals surface area contributed by atoms with Crippen molar-refractivity contribution in [3.05, 3.63) is 81.9 Å². The SMILES string of the molecule is CNC(=O)c1cccc(CCNC(=NCCc2cccs2)NCCc2ccco2)c1. The highest BCUT2D eigenvalue weighted by Gasteiger charge is 2.05. The van der Waals surface area contributed by atoms with Gasteiger partial charge >= 0.3 is 0 Å². The van der Waals surface area contributed by atoms with Crippen molar-refractivity contribution >= 4 is 23.2 Å². The molecule has 158 valence electrons. The first kappa shape index (κ1) is 21.6. The quantitative estimate of drug-likeness (QED) is 0.345. The molecule has 3 aromatic rings. The van der Waals surface area contributed by atoms with E-state index in [0.29, 0.717) is 5.56 Å². The molecule has 0 aliphatic heterocycles. The fraction of sp³-hybridized carbons (Fsp3) is 0.304. The smallest absolute Gasteiger partial charge is 0.251 e. The van der Waals surface area contributed by atoms with E-state index in [9.17, 15) is 4.79 Å². The Morgan fingerprint density at radius 3 is 2.63 bits per heavy atom. The highest BCUT2D eigenvalue weighted by Crippen LogP contribution is 2.09. The lowest BCUT2D eigenvalue weighted by molar-refractivity contribution is 0.0963. The zero-order valence-corrected chi connectivity index (χ0v) is 18.0. The summed E-state index contributed by atoms with van der Waals surface area (Å²) in [5, 5.41) is 11.5. The summed E-state index contributed by atoms with van der Waals surface area (Å²) in [7, 11) is 1.64. The third-order valence-electron chi connectivity index (χ3n) is 4.57. The number of carbonyl (C=O) groups is 1. The third kappa shape index (κ3) is 7.08. The van der Waals surface area contributed by atoms with E-state index in [4.69, 9.17) is 9.41 Å². The van der Waals surface area contributed by atoms with Crippen molar-refractivity contribution in [2.75, 3.05) is 26.7 Å². The van der Waals surface area contributed by atoms with Crippen LogP contribution in [0.1, 0.15) is 26.6 Å². The minimum atomic E-state index is -0.0692. The van der Waals surface area contributed by atoms with E-state index in [1.54, 1.807) is 24.6 Å². The van der Waals surface area contributed by atoms with E-state index in [1.165, 1.54) is 4.88 Å². The molecule has 3 N–H and O–H groups in total. The molecule has 2 heterocycles. The summed E-state index contributed by atoms with van der Waals surface area (Å²) in [6.45, 7) is 2.19. The Bertz CT molecular complexity index is 921. The first-order chi connectivity index (χ1) is 14.7. The Labute approximate surface area is 181 Å². The molecule has 0 atom stereocenters. The van der Waals surface area contributed by atoms with Crippen molar-refractivity contribution in [3.8, 4) is 0 Å². The number of furan rings is 1. The van der Waals surface area contributed by atoms with Gasteiger partial charge in [0.25, 0.3) is 5.91 Å². The van der Waals surface area contributed by atoms with Gasteiger partial charge in [-0.05, 0) is 47.7 Å². The molecule has 30 heavy (non-hydrogen) atoms. The van der Waals surface area contributed by atoms with Crippen LogP contribution in [0.4, 0.5) is 0 Å². The molecule has 1 aromatic carbocycles. The maximum atomic E-state index is 11.8. The number of amides is 1. The average Bonchev–Trinajstić information content (AvgIpc) is 3.47. The summed E-state index contributed by atoms with van der Waals surface area (Å²) < 4.78 is 5.39. The summed E-state index contributed by atoms with van der Waals surface area (Å²) in [4.78, 5) is 17.9. The van der Waals surface area contributed by atoms with Crippen LogP contribution in [0.3, 0.4) is 0 Å². The number of nitrogens with zero attached hydrogens (tertiary/aromatic N) is 1. The number of hydrogen-bond donors (Lipinski definition) is 3. The van der Waals surface area contributed by atoms with Crippen LogP contribution in [0.15, 0.2) is 69.6 Å². The van der Waals surface area contributed by atoms with Crippen molar-refractivity contribution in [1.29, 1.82) is 0 Å². The van der Waals surface area contributed by atoms with Crippen LogP contribution >= 0.6 is 11.3 Å². The van der Waals surface area contributed by atoms with Crippen molar-refractivity contribution in [1.82, 2.24) is 16.0 Å². The highest BCUT2D eigenvalue weighted by atomic mass is 32.1. The van der Waals surface area contributed by atoms with Gasteiger partial charge in [-0.2, -0.15) is 0 Å². The van der Waals surface area contributed by atoms with Gasteiger partial charge in [0, 0.05) is 50.0 Å². The maximum absolute atomic E-state index is 11.8. The monoisotopic (exact) mass is 424 g/mol. The summed E-state index contributed by atoms with van der Waals surface area (Å²) in [5.41, 5.74) is 1.79. The minimum Gasteiger partial charge on any atom is -0.469 e. The number of benzene rings is 1. The highest BCUT2D eigenvalue weighted by molar-refractivity contribution is 7.09. The fourth-order valence-electron chi connectivity index (χ4n) is 3.00. The summed E-state index contributed by atoms with van der Waals surface area (Å²) in [5.74, 6) is 1.67. The van der Waals surface area contributed by atoms with Crippen molar-refractivity contribution in [2.45, 2.75) is 19.3 Å². The number of nitrogens with one attached hydrogen (secondary N) is 3. The molecule has 0 spiro atoms. The van der Waals surface area contributed by atoms with Crippen LogP contribution in [0.2, 0.25) is 0 Å². The first-order valence-corrected chi connectivity index (χ1v) is 11.0.